The molecular formula is CH4NbO5. The van der Waals surface area contributed by atoms with Crippen LogP contribution in [-0.2, 0) is 31.9 Å². The van der Waals surface area contributed by atoms with E-state index in [2.05, 4.69) is 0 Å². The van der Waals surface area contributed by atoms with E-state index in [1.54, 1.807) is 0 Å². The summed E-state index contributed by atoms with van der Waals surface area (Å²) in [5.41, 5.74) is 0. The van der Waals surface area contributed by atoms with Crippen LogP contribution in [0.15, 0.2) is 0 Å². The Bertz CT molecular complexity index is 278. The predicted molar refractivity (Wildman–Crippen MR) is 10.2 cm³/mol. The summed E-state index contributed by atoms with van der Waals surface area (Å²) in [5, 5.41) is 0. The molecule has 0 aromatic rings. The molecule has 7 heavy (non-hydrogen) atoms. The first-order valence-electron chi connectivity index (χ1n) is 0.913. The van der Waals surface area contributed by atoms with Crippen LogP contribution in [0.1, 0.15) is 7.43 Å². The zero-order chi connectivity index (χ0) is 5.45. The van der Waals surface area contributed by atoms with E-state index in [1.165, 1.54) is 0 Å². The molecule has 0 spiro atoms. The van der Waals surface area contributed by atoms with Gasteiger partial charge in [-0.3, -0.25) is 0 Å². The zero-order valence-electron chi connectivity index (χ0n) is 2.49. The van der Waals surface area contributed by atoms with Crippen LogP contribution in [0.2, 0.25) is 0 Å². The topological polar surface area (TPSA) is 85.3 Å². The van der Waals surface area contributed by atoms with Gasteiger partial charge in [0.25, 0.3) is 0 Å². The molecule has 6 heteroatoms. The molecule has 0 aromatic carbocycles. The Hall–Kier alpha value is -0.260. The van der Waals surface area contributed by atoms with Crippen molar-refractivity contribution in [3.63, 3.8) is 0 Å². The maximum absolute atomic E-state index is 8.66. The summed E-state index contributed by atoms with van der Waals surface area (Å²) in [6.45, 7) is 0. The van der Waals surface area contributed by atoms with E-state index >= 15 is 0 Å². The molecule has 0 radical (unpaired) electrons. The molecule has 0 amide bonds. The molecule has 0 aliphatic carbocycles. The first-order valence-corrected chi connectivity index (χ1v) is 5.40. The van der Waals surface area contributed by atoms with Gasteiger partial charge in [-0.05, 0) is 0 Å². The molecule has 0 saturated carbocycles. The summed E-state index contributed by atoms with van der Waals surface area (Å²) < 4.78 is 43.3. The van der Waals surface area contributed by atoms with Crippen molar-refractivity contribution in [1.82, 2.24) is 0 Å². The molecule has 0 aliphatic heterocycles. The van der Waals surface area contributed by atoms with Crippen LogP contribution in [0.25, 0.3) is 0 Å². The van der Waals surface area contributed by atoms with Gasteiger partial charge in [-0.2, -0.15) is 0 Å². The van der Waals surface area contributed by atoms with Crippen molar-refractivity contribution in [2.45, 2.75) is 7.43 Å². The van der Waals surface area contributed by atoms with E-state index in [0.29, 0.717) is 0 Å². The second-order valence-electron chi connectivity index (χ2n) is 0.745. The van der Waals surface area contributed by atoms with Crippen molar-refractivity contribution < 1.29 is 31.9 Å². The molecule has 5 nitrogen and oxygen atoms in total. The molecule has 43 valence electrons. The van der Waals surface area contributed by atoms with Gasteiger partial charge in [0.05, 0.1) is 0 Å². The van der Waals surface area contributed by atoms with E-state index < -0.39 is 15.7 Å². The van der Waals surface area contributed by atoms with Crippen LogP contribution in [0.4, 0.5) is 0 Å². The molecule has 0 unspecified atom stereocenters. The van der Waals surface area contributed by atoms with Crippen molar-refractivity contribution in [1.29, 1.82) is 0 Å². The van der Waals surface area contributed by atoms with Gasteiger partial charge in [0, 0.05) is 0 Å². The fourth-order valence-electron chi connectivity index (χ4n) is 0. The summed E-state index contributed by atoms with van der Waals surface area (Å²) in [5.74, 6) is 0. The Morgan fingerprint density at radius 2 is 0.714 bits per heavy atom. The molecule has 0 rings (SSSR count). The zero-order valence-corrected chi connectivity index (χ0v) is 4.69. The van der Waals surface area contributed by atoms with Crippen LogP contribution in [0.5, 0.6) is 0 Å². The Kier molecular flexibility index (Phi) is 1.92. The van der Waals surface area contributed by atoms with E-state index in [4.69, 9.17) is 16.3 Å². The summed E-state index contributed by atoms with van der Waals surface area (Å²) >= 11 is -7.94. The number of hydrogen-bond donors (Lipinski definition) is 0. The van der Waals surface area contributed by atoms with Crippen molar-refractivity contribution in [3.05, 3.63) is 0 Å². The van der Waals surface area contributed by atoms with Gasteiger partial charge in [0.2, 0.25) is 0 Å². The number of hydrogen-bond acceptors (Lipinski definition) is 5. The Morgan fingerprint density at radius 1 is 0.714 bits per heavy atom. The summed E-state index contributed by atoms with van der Waals surface area (Å²) in [6, 6.07) is 0. The second-order valence-corrected chi connectivity index (χ2v) is 4.41. The third-order valence-electron chi connectivity index (χ3n) is 0. The third kappa shape index (κ3) is 1190. The first kappa shape index (κ1) is 9.88. The molecular weight excluding hydrogens is 185 g/mol. The maximum atomic E-state index is 8.66. The van der Waals surface area contributed by atoms with Crippen molar-refractivity contribution in [3.8, 4) is 0 Å². The molecule has 0 bridgehead atoms. The molecule has 0 N–H and O–H groups in total. The first-order chi connectivity index (χ1) is 2.24. The molecule has 0 aromatic heterocycles. The van der Waals surface area contributed by atoms with Gasteiger partial charge >= 0.3 is 31.9 Å². The SMILES string of the molecule is C.[O]=[Nb](=[O])(=[O])(=[O])=[O]. The van der Waals surface area contributed by atoms with Crippen molar-refractivity contribution >= 4 is 0 Å². The second kappa shape index (κ2) is 1.36. The van der Waals surface area contributed by atoms with E-state index in [-0.39, 0.29) is 7.43 Å². The Morgan fingerprint density at radius 3 is 0.714 bits per heavy atom. The van der Waals surface area contributed by atoms with Gasteiger partial charge in [-0.15, -0.1) is 0 Å². The van der Waals surface area contributed by atoms with Crippen LogP contribution >= 0.6 is 0 Å². The normalized spacial score (nSPS) is 8.57. The summed E-state index contributed by atoms with van der Waals surface area (Å²) in [4.78, 5) is 0. The van der Waals surface area contributed by atoms with E-state index in [1.807, 2.05) is 0 Å². The predicted octanol–water partition coefficient (Wildman–Crippen LogP) is 0.0396. The molecule has 0 fully saturated rings. The standard InChI is InChI=1S/CH4.Nb.5O/h1H4;;;;;;. The van der Waals surface area contributed by atoms with Crippen LogP contribution in [-0.4, -0.2) is 0 Å². The van der Waals surface area contributed by atoms with Crippen LogP contribution in [0, 0.1) is 0 Å². The quantitative estimate of drug-likeness (QED) is 0.502. The van der Waals surface area contributed by atoms with Gasteiger partial charge < -0.3 is 0 Å². The number of rotatable bonds is 0. The van der Waals surface area contributed by atoms with Gasteiger partial charge in [-0.25, -0.2) is 0 Å². The van der Waals surface area contributed by atoms with Gasteiger partial charge in [0.1, 0.15) is 0 Å². The fourth-order valence-corrected chi connectivity index (χ4v) is 0. The van der Waals surface area contributed by atoms with E-state index in [0.717, 1.165) is 0 Å². The average molecular weight is 189 g/mol. The van der Waals surface area contributed by atoms with Gasteiger partial charge in [-0.1, -0.05) is 7.43 Å². The Labute approximate surface area is 40.0 Å². The van der Waals surface area contributed by atoms with Crippen molar-refractivity contribution in [2.75, 3.05) is 0 Å². The average Bonchev–Trinajstić information content (AvgIpc) is 0.650. The van der Waals surface area contributed by atoms with Crippen LogP contribution < -0.4 is 0 Å². The molecule has 0 heterocycles. The third-order valence-corrected chi connectivity index (χ3v) is 0. The monoisotopic (exact) mass is 189 g/mol. The summed E-state index contributed by atoms with van der Waals surface area (Å²) in [6.07, 6.45) is 0. The molecule has 0 saturated heterocycles. The van der Waals surface area contributed by atoms with Crippen LogP contribution in [0.3, 0.4) is 0 Å². The van der Waals surface area contributed by atoms with Gasteiger partial charge in [0.15, 0.2) is 0 Å². The van der Waals surface area contributed by atoms with E-state index in [9.17, 15) is 0 Å². The molecule has 0 atom stereocenters. The minimum atomic E-state index is -7.94. The molecule has 0 aliphatic rings. The summed E-state index contributed by atoms with van der Waals surface area (Å²) in [7, 11) is 0. The Balaban J connectivity index is 0. The fraction of sp³-hybridized carbons (Fsp3) is 1.00. The minimum absolute atomic E-state index is 0. The van der Waals surface area contributed by atoms with Crippen molar-refractivity contribution in [2.24, 2.45) is 0 Å².